The summed E-state index contributed by atoms with van der Waals surface area (Å²) >= 11 is 6.08. The lowest BCUT2D eigenvalue weighted by Gasteiger charge is -2.11. The third-order valence-electron chi connectivity index (χ3n) is 2.76. The molecule has 18 heavy (non-hydrogen) atoms. The van der Waals surface area contributed by atoms with Crippen molar-refractivity contribution in [1.82, 2.24) is 15.0 Å². The smallest absolute Gasteiger partial charge is 0.132 e. The minimum atomic E-state index is 0.421. The van der Waals surface area contributed by atoms with Crippen LogP contribution in [0.2, 0.25) is 5.02 Å². The normalized spacial score (nSPS) is 10.9. The van der Waals surface area contributed by atoms with Crippen LogP contribution < -0.4 is 4.74 Å². The van der Waals surface area contributed by atoms with Gasteiger partial charge in [-0.25, -0.2) is 4.68 Å². The first-order valence-corrected chi connectivity index (χ1v) is 6.21. The van der Waals surface area contributed by atoms with Crippen LogP contribution in [0.3, 0.4) is 0 Å². The van der Waals surface area contributed by atoms with Crippen LogP contribution in [0.15, 0.2) is 24.4 Å². The number of hydrogen-bond acceptors (Lipinski definition) is 3. The Morgan fingerprint density at radius 2 is 2.11 bits per heavy atom. The van der Waals surface area contributed by atoms with Crippen molar-refractivity contribution in [2.45, 2.75) is 26.4 Å². The topological polar surface area (TPSA) is 39.9 Å². The Labute approximate surface area is 112 Å². The molecular formula is C13H16ClN3O. The molecule has 0 saturated heterocycles. The Hall–Kier alpha value is -1.55. The number of ether oxygens (including phenoxy) is 1. The van der Waals surface area contributed by atoms with Crippen LogP contribution in [0.5, 0.6) is 5.75 Å². The number of nitrogens with zero attached hydrogens (tertiary/aromatic N) is 3. The molecule has 0 saturated carbocycles. The lowest BCUT2D eigenvalue weighted by atomic mass is 10.0. The predicted octanol–water partition coefficient (Wildman–Crippen LogP) is 3.17. The Kier molecular flexibility index (Phi) is 3.87. The van der Waals surface area contributed by atoms with Crippen molar-refractivity contribution in [3.8, 4) is 5.75 Å². The van der Waals surface area contributed by atoms with Gasteiger partial charge in [0.25, 0.3) is 0 Å². The summed E-state index contributed by atoms with van der Waals surface area (Å²) in [4.78, 5) is 0. The summed E-state index contributed by atoms with van der Waals surface area (Å²) in [6, 6.07) is 5.79. The zero-order chi connectivity index (χ0) is 13.1. The van der Waals surface area contributed by atoms with Crippen LogP contribution in [-0.4, -0.2) is 15.0 Å². The van der Waals surface area contributed by atoms with E-state index in [2.05, 4.69) is 24.2 Å². The van der Waals surface area contributed by atoms with Gasteiger partial charge in [-0.1, -0.05) is 30.7 Å². The van der Waals surface area contributed by atoms with Gasteiger partial charge in [0, 0.05) is 12.1 Å². The third-order valence-corrected chi connectivity index (χ3v) is 2.97. The van der Waals surface area contributed by atoms with Crippen LogP contribution in [0.4, 0.5) is 0 Å². The number of benzene rings is 1. The maximum Gasteiger partial charge on any atom is 0.132 e. The molecular weight excluding hydrogens is 250 g/mol. The Morgan fingerprint density at radius 1 is 1.33 bits per heavy atom. The van der Waals surface area contributed by atoms with Gasteiger partial charge in [-0.3, -0.25) is 0 Å². The van der Waals surface area contributed by atoms with Gasteiger partial charge in [-0.05, 0) is 29.7 Å². The number of aryl methyl sites for hydroxylation is 1. The molecule has 4 nitrogen and oxygen atoms in total. The number of aromatic nitrogens is 3. The first kappa shape index (κ1) is 12.9. The largest absolute Gasteiger partial charge is 0.487 e. The van der Waals surface area contributed by atoms with E-state index in [1.54, 1.807) is 10.9 Å². The van der Waals surface area contributed by atoms with Crippen LogP contribution in [0.1, 0.15) is 31.0 Å². The molecule has 5 heteroatoms. The molecule has 0 amide bonds. The molecule has 0 bridgehead atoms. The van der Waals surface area contributed by atoms with E-state index < -0.39 is 0 Å². The van der Waals surface area contributed by atoms with Gasteiger partial charge >= 0.3 is 0 Å². The van der Waals surface area contributed by atoms with Crippen LogP contribution in [-0.2, 0) is 13.7 Å². The Bertz CT molecular complexity index is 537. The Morgan fingerprint density at radius 3 is 2.72 bits per heavy atom. The van der Waals surface area contributed by atoms with E-state index in [9.17, 15) is 0 Å². The lowest BCUT2D eigenvalue weighted by molar-refractivity contribution is 0.294. The number of halogens is 1. The van der Waals surface area contributed by atoms with E-state index in [4.69, 9.17) is 16.3 Å². The lowest BCUT2D eigenvalue weighted by Crippen LogP contribution is -2.03. The molecule has 0 N–H and O–H groups in total. The van der Waals surface area contributed by atoms with Crippen molar-refractivity contribution in [3.63, 3.8) is 0 Å². The highest BCUT2D eigenvalue weighted by Crippen LogP contribution is 2.26. The van der Waals surface area contributed by atoms with E-state index in [0.29, 0.717) is 17.5 Å². The fourth-order valence-corrected chi connectivity index (χ4v) is 1.83. The van der Waals surface area contributed by atoms with Crippen LogP contribution in [0.25, 0.3) is 0 Å². The summed E-state index contributed by atoms with van der Waals surface area (Å²) in [5.74, 6) is 1.19. The van der Waals surface area contributed by atoms with Crippen molar-refractivity contribution in [3.05, 3.63) is 40.7 Å². The van der Waals surface area contributed by atoms with Crippen molar-refractivity contribution >= 4 is 11.6 Å². The van der Waals surface area contributed by atoms with Crippen LogP contribution >= 0.6 is 11.6 Å². The van der Waals surface area contributed by atoms with Gasteiger partial charge in [0.2, 0.25) is 0 Å². The molecule has 96 valence electrons. The molecule has 0 aliphatic carbocycles. The molecule has 2 rings (SSSR count). The predicted molar refractivity (Wildman–Crippen MR) is 70.9 cm³/mol. The van der Waals surface area contributed by atoms with Gasteiger partial charge in [0.1, 0.15) is 12.4 Å². The number of hydrogen-bond donors (Lipinski definition) is 0. The standard InChI is InChI=1S/C13H16ClN3O/c1-9(2)10-4-11(14)6-13(5-10)18-8-12-7-15-16-17(12)3/h4-7,9H,8H2,1-3H3. The highest BCUT2D eigenvalue weighted by Gasteiger charge is 2.06. The first-order chi connectivity index (χ1) is 8.56. The summed E-state index contributed by atoms with van der Waals surface area (Å²) in [5, 5.41) is 8.35. The third kappa shape index (κ3) is 3.01. The number of rotatable bonds is 4. The summed E-state index contributed by atoms with van der Waals surface area (Å²) in [6.45, 7) is 4.68. The van der Waals surface area contributed by atoms with Gasteiger partial charge in [-0.15, -0.1) is 5.10 Å². The molecule has 0 spiro atoms. The fourth-order valence-electron chi connectivity index (χ4n) is 1.60. The quantitative estimate of drug-likeness (QED) is 0.852. The van der Waals surface area contributed by atoms with Gasteiger partial charge in [0.05, 0.1) is 11.9 Å². The first-order valence-electron chi connectivity index (χ1n) is 5.83. The molecule has 1 heterocycles. The van der Waals surface area contributed by atoms with Crippen molar-refractivity contribution in [1.29, 1.82) is 0 Å². The van der Waals surface area contributed by atoms with E-state index in [0.717, 1.165) is 11.4 Å². The minimum absolute atomic E-state index is 0.421. The molecule has 2 aromatic rings. The van der Waals surface area contributed by atoms with Gasteiger partial charge in [0.15, 0.2) is 0 Å². The second-order valence-corrected chi connectivity index (χ2v) is 4.95. The fraction of sp³-hybridized carbons (Fsp3) is 0.385. The average molecular weight is 266 g/mol. The average Bonchev–Trinajstić information content (AvgIpc) is 2.71. The van der Waals surface area contributed by atoms with E-state index in [-0.39, 0.29) is 0 Å². The van der Waals surface area contributed by atoms with E-state index in [1.807, 2.05) is 25.2 Å². The van der Waals surface area contributed by atoms with E-state index >= 15 is 0 Å². The van der Waals surface area contributed by atoms with E-state index in [1.165, 1.54) is 5.56 Å². The van der Waals surface area contributed by atoms with Gasteiger partial charge < -0.3 is 4.74 Å². The summed E-state index contributed by atoms with van der Waals surface area (Å²) in [5.41, 5.74) is 2.08. The van der Waals surface area contributed by atoms with Crippen LogP contribution in [0, 0.1) is 0 Å². The molecule has 1 aromatic heterocycles. The maximum atomic E-state index is 6.08. The highest BCUT2D eigenvalue weighted by molar-refractivity contribution is 6.30. The zero-order valence-corrected chi connectivity index (χ0v) is 11.5. The molecule has 1 aromatic carbocycles. The highest BCUT2D eigenvalue weighted by atomic mass is 35.5. The molecule has 0 fully saturated rings. The molecule has 0 aliphatic rings. The summed E-state index contributed by atoms with van der Waals surface area (Å²) < 4.78 is 7.41. The minimum Gasteiger partial charge on any atom is -0.487 e. The maximum absolute atomic E-state index is 6.08. The Balaban J connectivity index is 2.12. The molecule has 0 atom stereocenters. The van der Waals surface area contributed by atoms with Crippen molar-refractivity contribution < 1.29 is 4.74 Å². The zero-order valence-electron chi connectivity index (χ0n) is 10.7. The second kappa shape index (κ2) is 5.40. The second-order valence-electron chi connectivity index (χ2n) is 4.51. The van der Waals surface area contributed by atoms with Crippen molar-refractivity contribution in [2.24, 2.45) is 7.05 Å². The molecule has 0 unspecified atom stereocenters. The molecule has 0 radical (unpaired) electrons. The monoisotopic (exact) mass is 265 g/mol. The summed E-state index contributed by atoms with van der Waals surface area (Å²) in [6.07, 6.45) is 1.69. The van der Waals surface area contributed by atoms with Gasteiger partial charge in [-0.2, -0.15) is 0 Å². The SMILES string of the molecule is CC(C)c1cc(Cl)cc(OCc2cnnn2C)c1. The van der Waals surface area contributed by atoms with Crippen molar-refractivity contribution in [2.75, 3.05) is 0 Å². The summed E-state index contributed by atoms with van der Waals surface area (Å²) in [7, 11) is 1.84. The molecule has 0 aliphatic heterocycles.